The lowest BCUT2D eigenvalue weighted by atomic mass is 10.3. The number of para-hydroxylation sites is 5. The Morgan fingerprint density at radius 1 is 0.703 bits per heavy atom. The summed E-state index contributed by atoms with van der Waals surface area (Å²) < 4.78 is 38.7. The molecule has 334 valence electrons. The molecule has 2 saturated heterocycles. The van der Waals surface area contributed by atoms with Gasteiger partial charge in [-0.15, -0.1) is 5.73 Å². The zero-order chi connectivity index (χ0) is 45.6. The minimum Gasteiger partial charge on any atom is -0.466 e. The lowest BCUT2D eigenvalue weighted by Gasteiger charge is -2.33. The van der Waals surface area contributed by atoms with E-state index in [0.29, 0.717) is 49.9 Å². The van der Waals surface area contributed by atoms with Crippen molar-refractivity contribution in [3.05, 3.63) is 182 Å². The van der Waals surface area contributed by atoms with E-state index in [1.165, 1.54) is 11.4 Å². The predicted molar refractivity (Wildman–Crippen MR) is 267 cm³/mol. The molecule has 7 rings (SSSR count). The van der Waals surface area contributed by atoms with Crippen molar-refractivity contribution >= 4 is 73.6 Å². The summed E-state index contributed by atoms with van der Waals surface area (Å²) >= 11 is 5.39. The lowest BCUT2D eigenvalue weighted by Crippen LogP contribution is -2.31. The molecule has 0 saturated carbocycles. The van der Waals surface area contributed by atoms with Gasteiger partial charge >= 0.3 is 11.9 Å². The predicted octanol–water partition coefficient (Wildman–Crippen LogP) is 10.8. The van der Waals surface area contributed by atoms with Crippen molar-refractivity contribution < 1.29 is 28.2 Å². The second-order valence-corrected chi connectivity index (χ2v) is 18.7. The molecule has 5 aromatic rings. The summed E-state index contributed by atoms with van der Waals surface area (Å²) in [6, 6.07) is 50.1. The van der Waals surface area contributed by atoms with Crippen LogP contribution in [0.25, 0.3) is 0 Å². The number of nitrogens with zero attached hydrogens (tertiary/aromatic N) is 4. The summed E-state index contributed by atoms with van der Waals surface area (Å²) in [6.45, 7) is 15.7. The first-order valence-corrected chi connectivity index (χ1v) is 24.2. The molecule has 2 aliphatic rings. The van der Waals surface area contributed by atoms with Gasteiger partial charge in [0.1, 0.15) is 0 Å². The molecule has 0 bridgehead atoms. The smallest absolute Gasteiger partial charge is 0.338 e. The van der Waals surface area contributed by atoms with Gasteiger partial charge in [0.05, 0.1) is 32.3 Å². The molecule has 2 N–H and O–H groups in total. The Kier molecular flexibility index (Phi) is 19.7. The number of carbonyl (C=O) groups is 2. The standard InChI is InChI=1S/C23H25N4OPS.C20H23N2O3P.C6H8O2/c30-23(25-20-10-4-1-5-11-20)24-16-19-28-29-26(21-12-6-2-7-13-21)17-18-27(29)22-14-8-3-9-15-22;1-3-25-20(23)16-17(2)26(24)21(18-10-6-4-7-11-18)14-15-22(26)19-12-8-5-9-13-19;1-3-5-6(7)8-4-2/h1-15H,16-19H2,(H2,24,25,30);4-13H,2-3,14-16H2,1H3;5H,1,4H2,2H3. The molecular weight excluding hydrogens is 863 g/mol. The van der Waals surface area contributed by atoms with E-state index in [9.17, 15) is 14.2 Å². The first kappa shape index (κ1) is 48.8. The topological polar surface area (TPSA) is 116 Å². The van der Waals surface area contributed by atoms with Crippen molar-refractivity contribution in [3.63, 3.8) is 0 Å². The van der Waals surface area contributed by atoms with E-state index >= 15 is 0 Å². The molecule has 0 aromatic heterocycles. The molecule has 0 unspecified atom stereocenters. The van der Waals surface area contributed by atoms with Crippen LogP contribution in [0.3, 0.4) is 0 Å². The highest BCUT2D eigenvalue weighted by Crippen LogP contribution is 2.66. The van der Waals surface area contributed by atoms with Gasteiger partial charge in [-0.1, -0.05) is 104 Å². The minimum atomic E-state index is -3.23. The van der Waals surface area contributed by atoms with Crippen molar-refractivity contribution in [2.75, 3.05) is 76.5 Å². The molecular formula is C49H56N6O6P2S. The Bertz CT molecular complexity index is 2230. The van der Waals surface area contributed by atoms with E-state index in [1.807, 2.05) is 112 Å². The third-order valence-corrected chi connectivity index (χ3v) is 15.0. The number of anilines is 5. The van der Waals surface area contributed by atoms with Gasteiger partial charge in [0.2, 0.25) is 8.45 Å². The lowest BCUT2D eigenvalue weighted by molar-refractivity contribution is -0.142. The largest absolute Gasteiger partial charge is 0.466 e. The van der Waals surface area contributed by atoms with Crippen LogP contribution in [0.1, 0.15) is 20.3 Å². The first-order chi connectivity index (χ1) is 31.2. The molecule has 0 atom stereocenters. The number of carbonyl (C=O) groups excluding carboxylic acids is 2. The number of nitrogens with one attached hydrogen (secondary N) is 2. The first-order valence-electron chi connectivity index (χ1n) is 21.0. The molecule has 2 aliphatic heterocycles. The maximum atomic E-state index is 14.3. The quantitative estimate of drug-likeness (QED) is 0.0259. The number of esters is 2. The third-order valence-electron chi connectivity index (χ3n) is 9.53. The van der Waals surface area contributed by atoms with Crippen molar-refractivity contribution in [2.24, 2.45) is 0 Å². The van der Waals surface area contributed by atoms with E-state index in [4.69, 9.17) is 21.5 Å². The van der Waals surface area contributed by atoms with E-state index < -0.39 is 21.9 Å². The van der Waals surface area contributed by atoms with Crippen molar-refractivity contribution in [1.29, 1.82) is 0 Å². The Morgan fingerprint density at radius 3 is 1.58 bits per heavy atom. The van der Waals surface area contributed by atoms with Crippen LogP contribution >= 0.6 is 28.1 Å². The zero-order valence-electron chi connectivity index (χ0n) is 36.3. The SMILES string of the molecule is C=C(CC(=O)OCC)P1(=O)N(c2ccccc2)CCN1c1ccccc1.C=C=CC(=O)OCC.S=C(NCCOP1N(c2ccccc2)CCN1c1ccccc1)Nc1ccccc1. The molecule has 0 aliphatic carbocycles. The summed E-state index contributed by atoms with van der Waals surface area (Å²) in [6.07, 6.45) is 1.10. The highest BCUT2D eigenvalue weighted by Gasteiger charge is 2.46. The summed E-state index contributed by atoms with van der Waals surface area (Å²) in [4.78, 5) is 22.3. The molecule has 15 heteroatoms. The van der Waals surface area contributed by atoms with Crippen LogP contribution in [0.5, 0.6) is 0 Å². The molecule has 64 heavy (non-hydrogen) atoms. The van der Waals surface area contributed by atoms with Gasteiger partial charge in [-0.05, 0) is 86.7 Å². The second kappa shape index (κ2) is 25.8. The molecule has 5 aromatic carbocycles. The van der Waals surface area contributed by atoms with Crippen LogP contribution in [0, 0.1) is 0 Å². The monoisotopic (exact) mass is 918 g/mol. The Labute approximate surface area is 384 Å². The van der Waals surface area contributed by atoms with Gasteiger partial charge in [0, 0.05) is 66.5 Å². The fourth-order valence-corrected chi connectivity index (χ4v) is 11.8. The molecule has 0 radical (unpaired) electrons. The molecule has 2 heterocycles. The Morgan fingerprint density at radius 2 is 1.14 bits per heavy atom. The second-order valence-electron chi connectivity index (χ2n) is 13.9. The van der Waals surface area contributed by atoms with Gasteiger partial charge in [-0.3, -0.25) is 9.36 Å². The Balaban J connectivity index is 0.000000208. The third kappa shape index (κ3) is 13.9. The number of rotatable bonds is 15. The van der Waals surface area contributed by atoms with Crippen molar-refractivity contribution in [2.45, 2.75) is 20.3 Å². The maximum Gasteiger partial charge on any atom is 0.338 e. The normalized spacial score (nSPS) is 13.8. The van der Waals surface area contributed by atoms with E-state index in [-0.39, 0.29) is 12.4 Å². The van der Waals surface area contributed by atoms with Crippen molar-refractivity contribution in [3.8, 4) is 0 Å². The van der Waals surface area contributed by atoms with Gasteiger partial charge < -0.3 is 43.3 Å². The molecule has 0 spiro atoms. The van der Waals surface area contributed by atoms with Crippen molar-refractivity contribution in [1.82, 2.24) is 5.32 Å². The number of ether oxygens (including phenoxy) is 2. The van der Waals surface area contributed by atoms with Crippen LogP contribution < -0.4 is 29.3 Å². The highest BCUT2D eigenvalue weighted by molar-refractivity contribution is 7.80. The highest BCUT2D eigenvalue weighted by atomic mass is 32.1. The molecule has 2 fully saturated rings. The number of hydrogen-bond donors (Lipinski definition) is 2. The number of hydrogen-bond acceptors (Lipinski definition) is 9. The summed E-state index contributed by atoms with van der Waals surface area (Å²) in [5.74, 6) is -0.789. The zero-order valence-corrected chi connectivity index (χ0v) is 38.9. The Hall–Kier alpha value is -6.19. The van der Waals surface area contributed by atoms with Gasteiger partial charge in [0.15, 0.2) is 5.11 Å². The van der Waals surface area contributed by atoms with Gasteiger partial charge in [0.25, 0.3) is 7.44 Å². The van der Waals surface area contributed by atoms with Crippen LogP contribution in [0.15, 0.2) is 182 Å². The maximum absolute atomic E-state index is 14.3. The summed E-state index contributed by atoms with van der Waals surface area (Å²) in [5, 5.41) is 7.41. The number of thiocarbonyl (C=S) groups is 1. The van der Waals surface area contributed by atoms with Crippen LogP contribution in [-0.4, -0.2) is 69.6 Å². The van der Waals surface area contributed by atoms with Gasteiger partial charge in [-0.2, -0.15) is 0 Å². The summed E-state index contributed by atoms with van der Waals surface area (Å²) in [5.41, 5.74) is 7.38. The van der Waals surface area contributed by atoms with E-state index in [2.05, 4.69) is 92.1 Å². The average molecular weight is 919 g/mol. The fourth-order valence-electron chi connectivity index (χ4n) is 6.73. The average Bonchev–Trinajstić information content (AvgIpc) is 3.92. The fraction of sp³-hybridized carbons (Fsp3) is 0.224. The van der Waals surface area contributed by atoms with Crippen LogP contribution in [-0.2, 0) is 28.2 Å². The van der Waals surface area contributed by atoms with Crippen LogP contribution in [0.2, 0.25) is 0 Å². The summed E-state index contributed by atoms with van der Waals surface area (Å²) in [7, 11) is -4.17. The minimum absolute atomic E-state index is 0.0578. The van der Waals surface area contributed by atoms with Gasteiger partial charge in [-0.25, -0.2) is 4.79 Å². The van der Waals surface area contributed by atoms with Crippen LogP contribution in [0.4, 0.5) is 28.4 Å². The van der Waals surface area contributed by atoms with E-state index in [1.54, 1.807) is 13.8 Å². The van der Waals surface area contributed by atoms with E-state index in [0.717, 1.165) is 36.2 Å². The number of benzene rings is 5. The molecule has 0 amide bonds. The molecule has 12 nitrogen and oxygen atoms in total.